The van der Waals surface area contributed by atoms with Crippen molar-refractivity contribution in [1.82, 2.24) is 19.5 Å². The SMILES string of the molecule is CCS(=O)(=O)NC1CCN(Cc2cnc(NC(=O)N(C3CCCCC3)C3CCCCC3)s2)C1. The number of urea groups is 1. The Kier molecular flexibility index (Phi) is 8.64. The van der Waals surface area contributed by atoms with Gasteiger partial charge in [-0.3, -0.25) is 10.2 Å². The maximum atomic E-state index is 13.4. The van der Waals surface area contributed by atoms with Crippen molar-refractivity contribution in [2.75, 3.05) is 24.2 Å². The number of hydrogen-bond donors (Lipinski definition) is 2. The topological polar surface area (TPSA) is 94.6 Å². The summed E-state index contributed by atoms with van der Waals surface area (Å²) in [5, 5.41) is 3.77. The summed E-state index contributed by atoms with van der Waals surface area (Å²) in [6.45, 7) is 3.95. The third-order valence-corrected chi connectivity index (χ3v) is 9.67. The zero-order chi connectivity index (χ0) is 23.3. The van der Waals surface area contributed by atoms with Gasteiger partial charge in [0.2, 0.25) is 10.0 Å². The zero-order valence-corrected chi connectivity index (χ0v) is 21.4. The zero-order valence-electron chi connectivity index (χ0n) is 19.8. The van der Waals surface area contributed by atoms with Crippen LogP contribution in [-0.4, -0.2) is 66.2 Å². The Bertz CT molecular complexity index is 860. The van der Waals surface area contributed by atoms with Gasteiger partial charge >= 0.3 is 6.03 Å². The minimum absolute atomic E-state index is 0.0184. The Hall–Kier alpha value is -1.23. The third kappa shape index (κ3) is 6.90. The average Bonchev–Trinajstić information content (AvgIpc) is 3.44. The molecule has 4 rings (SSSR count). The number of nitrogens with one attached hydrogen (secondary N) is 2. The Morgan fingerprint density at radius 2 is 1.73 bits per heavy atom. The second-order valence-electron chi connectivity index (χ2n) is 9.79. The van der Waals surface area contributed by atoms with E-state index in [-0.39, 0.29) is 17.8 Å². The van der Waals surface area contributed by atoms with Crippen LogP contribution in [0.3, 0.4) is 0 Å². The molecule has 1 aliphatic heterocycles. The van der Waals surface area contributed by atoms with Crippen molar-refractivity contribution >= 4 is 32.5 Å². The van der Waals surface area contributed by atoms with E-state index in [0.29, 0.717) is 23.8 Å². The maximum absolute atomic E-state index is 13.4. The Morgan fingerprint density at radius 3 is 2.33 bits per heavy atom. The van der Waals surface area contributed by atoms with Gasteiger partial charge in [-0.05, 0) is 39.0 Å². The predicted molar refractivity (Wildman–Crippen MR) is 133 cm³/mol. The number of hydrogen-bond acceptors (Lipinski definition) is 6. The van der Waals surface area contributed by atoms with E-state index >= 15 is 0 Å². The molecule has 3 fully saturated rings. The van der Waals surface area contributed by atoms with Gasteiger partial charge in [0.05, 0.1) is 5.75 Å². The van der Waals surface area contributed by atoms with Gasteiger partial charge in [0, 0.05) is 48.8 Å². The first-order valence-electron chi connectivity index (χ1n) is 12.7. The molecule has 33 heavy (non-hydrogen) atoms. The molecule has 1 atom stereocenters. The molecule has 2 aliphatic carbocycles. The van der Waals surface area contributed by atoms with E-state index < -0.39 is 10.0 Å². The molecule has 3 aliphatic rings. The van der Waals surface area contributed by atoms with Crippen LogP contribution in [0, 0.1) is 0 Å². The number of carbonyl (C=O) groups excluding carboxylic acids is 1. The van der Waals surface area contributed by atoms with Crippen LogP contribution >= 0.6 is 11.3 Å². The number of rotatable bonds is 8. The first-order valence-corrected chi connectivity index (χ1v) is 15.2. The van der Waals surface area contributed by atoms with Crippen molar-refractivity contribution in [2.45, 2.75) is 102 Å². The van der Waals surface area contributed by atoms with E-state index in [1.165, 1.54) is 49.9 Å². The lowest BCUT2D eigenvalue weighted by molar-refractivity contribution is 0.114. The lowest BCUT2D eigenvalue weighted by atomic mass is 9.89. The molecule has 2 N–H and O–H groups in total. The van der Waals surface area contributed by atoms with Gasteiger partial charge in [0.1, 0.15) is 0 Å². The molecule has 8 nitrogen and oxygen atoms in total. The number of anilines is 1. The molecule has 0 spiro atoms. The summed E-state index contributed by atoms with van der Waals surface area (Å²) >= 11 is 1.53. The molecule has 1 saturated heterocycles. The Morgan fingerprint density at radius 1 is 1.09 bits per heavy atom. The lowest BCUT2D eigenvalue weighted by Crippen LogP contribution is -2.50. The van der Waals surface area contributed by atoms with Crippen LogP contribution in [0.2, 0.25) is 0 Å². The van der Waals surface area contributed by atoms with Crippen LogP contribution < -0.4 is 10.0 Å². The predicted octanol–water partition coefficient (Wildman–Crippen LogP) is 4.16. The largest absolute Gasteiger partial charge is 0.324 e. The molecule has 0 radical (unpaired) electrons. The van der Waals surface area contributed by atoms with Crippen molar-refractivity contribution in [3.8, 4) is 0 Å². The third-order valence-electron chi connectivity index (χ3n) is 7.32. The van der Waals surface area contributed by atoms with Crippen LogP contribution in [0.4, 0.5) is 9.93 Å². The normalized spacial score (nSPS) is 23.6. The highest BCUT2D eigenvalue weighted by Crippen LogP contribution is 2.31. The highest BCUT2D eigenvalue weighted by molar-refractivity contribution is 7.89. The summed E-state index contributed by atoms with van der Waals surface area (Å²) < 4.78 is 26.4. The monoisotopic (exact) mass is 497 g/mol. The summed E-state index contributed by atoms with van der Waals surface area (Å²) in [6, 6.07) is 0.705. The minimum atomic E-state index is -3.17. The van der Waals surface area contributed by atoms with Gasteiger partial charge in [0.25, 0.3) is 0 Å². The Balaban J connectivity index is 1.33. The first kappa shape index (κ1) is 24.9. The van der Waals surface area contributed by atoms with Crippen LogP contribution in [0.25, 0.3) is 0 Å². The number of aromatic nitrogens is 1. The summed E-state index contributed by atoms with van der Waals surface area (Å²) in [5.41, 5.74) is 0. The Labute approximate surface area is 202 Å². The van der Waals surface area contributed by atoms with Crippen molar-refractivity contribution in [3.63, 3.8) is 0 Å². The summed E-state index contributed by atoms with van der Waals surface area (Å²) in [7, 11) is -3.17. The average molecular weight is 498 g/mol. The molecule has 10 heteroatoms. The molecule has 1 aromatic rings. The van der Waals surface area contributed by atoms with Gasteiger partial charge in [-0.25, -0.2) is 22.9 Å². The fraction of sp³-hybridized carbons (Fsp3) is 0.826. The van der Waals surface area contributed by atoms with E-state index in [0.717, 1.165) is 50.1 Å². The molecule has 0 aromatic carbocycles. The van der Waals surface area contributed by atoms with Gasteiger partial charge in [-0.1, -0.05) is 38.5 Å². The van der Waals surface area contributed by atoms with Gasteiger partial charge in [-0.2, -0.15) is 0 Å². The van der Waals surface area contributed by atoms with Crippen molar-refractivity contribution < 1.29 is 13.2 Å². The molecule has 1 unspecified atom stereocenters. The molecule has 1 aromatic heterocycles. The fourth-order valence-electron chi connectivity index (χ4n) is 5.57. The molecule has 2 saturated carbocycles. The van der Waals surface area contributed by atoms with Gasteiger partial charge < -0.3 is 4.90 Å². The van der Waals surface area contributed by atoms with E-state index in [1.807, 2.05) is 6.20 Å². The highest BCUT2D eigenvalue weighted by atomic mass is 32.2. The quantitative estimate of drug-likeness (QED) is 0.562. The summed E-state index contributed by atoms with van der Waals surface area (Å²) in [5.74, 6) is 0.111. The van der Waals surface area contributed by atoms with Crippen LogP contribution in [0.15, 0.2) is 6.20 Å². The van der Waals surface area contributed by atoms with Crippen LogP contribution in [0.1, 0.15) is 82.4 Å². The van der Waals surface area contributed by atoms with Crippen molar-refractivity contribution in [3.05, 3.63) is 11.1 Å². The molecule has 2 amide bonds. The van der Waals surface area contributed by atoms with E-state index in [1.54, 1.807) is 6.92 Å². The molecular weight excluding hydrogens is 458 g/mol. The summed E-state index contributed by atoms with van der Waals surface area (Å²) in [4.78, 5) is 23.4. The van der Waals surface area contributed by atoms with Gasteiger partial charge in [-0.15, -0.1) is 11.3 Å². The van der Waals surface area contributed by atoms with Gasteiger partial charge in [0.15, 0.2) is 5.13 Å². The van der Waals surface area contributed by atoms with Crippen LogP contribution in [0.5, 0.6) is 0 Å². The highest BCUT2D eigenvalue weighted by Gasteiger charge is 2.33. The summed E-state index contributed by atoms with van der Waals surface area (Å²) in [6.07, 6.45) is 14.6. The number of thiazole rings is 1. The smallest absolute Gasteiger partial charge is 0.319 e. The first-order chi connectivity index (χ1) is 15.9. The second-order valence-corrected chi connectivity index (χ2v) is 13.0. The molecule has 0 bridgehead atoms. The molecule has 2 heterocycles. The van der Waals surface area contributed by atoms with Crippen molar-refractivity contribution in [2.24, 2.45) is 0 Å². The van der Waals surface area contributed by atoms with Crippen molar-refractivity contribution in [1.29, 1.82) is 0 Å². The number of carbonyl (C=O) groups is 1. The lowest BCUT2D eigenvalue weighted by Gasteiger charge is -2.41. The molecular formula is C23H39N5O3S2. The molecule has 186 valence electrons. The maximum Gasteiger partial charge on any atom is 0.324 e. The number of nitrogens with zero attached hydrogens (tertiary/aromatic N) is 3. The number of sulfonamides is 1. The van der Waals surface area contributed by atoms with E-state index in [4.69, 9.17) is 0 Å². The van der Waals surface area contributed by atoms with E-state index in [2.05, 4.69) is 24.8 Å². The number of likely N-dealkylation sites (tertiary alicyclic amines) is 1. The second kappa shape index (κ2) is 11.5. The standard InChI is InChI=1S/C23H39N5O3S2/c1-2-33(30,31)26-18-13-14-27(16-18)17-21-15-24-22(32-21)25-23(29)28(19-9-5-3-6-10-19)20-11-7-4-8-12-20/h15,18-20,26H,2-14,16-17H2,1H3,(H,24,25,29). The fourth-order valence-corrected chi connectivity index (χ4v) is 7.28. The van der Waals surface area contributed by atoms with E-state index in [9.17, 15) is 13.2 Å². The van der Waals surface area contributed by atoms with Crippen LogP contribution in [-0.2, 0) is 16.6 Å². The number of amides is 2. The minimum Gasteiger partial charge on any atom is -0.319 e.